The Morgan fingerprint density at radius 2 is 2.09 bits per heavy atom. The van der Waals surface area contributed by atoms with Gasteiger partial charge in [-0.3, -0.25) is 14.9 Å². The Kier molecular flexibility index (Phi) is 3.08. The summed E-state index contributed by atoms with van der Waals surface area (Å²) in [7, 11) is 0. The largest absolute Gasteiger partial charge is 0.358 e. The molecule has 2 aliphatic heterocycles. The van der Waals surface area contributed by atoms with Gasteiger partial charge in [0, 0.05) is 35.1 Å². The summed E-state index contributed by atoms with van der Waals surface area (Å²) >= 11 is 0. The maximum atomic E-state index is 11.9. The number of aromatic amines is 1. The molecular formula is C17H17N3O2. The Labute approximate surface area is 127 Å². The molecule has 0 spiro atoms. The molecule has 0 saturated carbocycles. The van der Waals surface area contributed by atoms with Crippen LogP contribution < -0.4 is 10.6 Å². The quantitative estimate of drug-likeness (QED) is 0.738. The lowest BCUT2D eigenvalue weighted by Gasteiger charge is -2.21. The third kappa shape index (κ3) is 2.14. The first kappa shape index (κ1) is 13.3. The van der Waals surface area contributed by atoms with Crippen LogP contribution in [0.5, 0.6) is 0 Å². The predicted octanol–water partition coefficient (Wildman–Crippen LogP) is 1.67. The fourth-order valence-corrected chi connectivity index (χ4v) is 3.36. The number of hydrogen-bond acceptors (Lipinski definition) is 3. The summed E-state index contributed by atoms with van der Waals surface area (Å²) in [5.41, 5.74) is 3.46. The SMILES string of the molecule is O=C1C=C(c2cccc3[nH]c(C4CCCNC4)cc23)C(=O)N1. The summed E-state index contributed by atoms with van der Waals surface area (Å²) in [5.74, 6) is -0.189. The molecule has 2 aromatic rings. The zero-order chi connectivity index (χ0) is 15.1. The highest BCUT2D eigenvalue weighted by Crippen LogP contribution is 2.31. The van der Waals surface area contributed by atoms with Crippen LogP contribution in [0.1, 0.15) is 30.0 Å². The number of aromatic nitrogens is 1. The molecule has 1 unspecified atom stereocenters. The highest BCUT2D eigenvalue weighted by Gasteiger charge is 2.25. The van der Waals surface area contributed by atoms with E-state index in [-0.39, 0.29) is 11.8 Å². The lowest BCUT2D eigenvalue weighted by molar-refractivity contribution is -0.123. The van der Waals surface area contributed by atoms with Crippen molar-refractivity contribution in [1.29, 1.82) is 0 Å². The summed E-state index contributed by atoms with van der Waals surface area (Å²) in [5, 5.41) is 6.73. The maximum absolute atomic E-state index is 11.9. The molecule has 1 saturated heterocycles. The average Bonchev–Trinajstić information content (AvgIpc) is 3.11. The minimum absolute atomic E-state index is 0.320. The van der Waals surface area contributed by atoms with E-state index in [2.05, 4.69) is 21.7 Å². The van der Waals surface area contributed by atoms with Gasteiger partial charge in [0.25, 0.3) is 11.8 Å². The van der Waals surface area contributed by atoms with E-state index in [1.165, 1.54) is 18.2 Å². The van der Waals surface area contributed by atoms with Crippen LogP contribution in [0.25, 0.3) is 16.5 Å². The first-order chi connectivity index (χ1) is 10.7. The molecule has 0 radical (unpaired) electrons. The Bertz CT molecular complexity index is 797. The van der Waals surface area contributed by atoms with Crippen molar-refractivity contribution in [3.63, 3.8) is 0 Å². The summed E-state index contributed by atoms with van der Waals surface area (Å²) < 4.78 is 0. The van der Waals surface area contributed by atoms with Crippen LogP contribution in [0.4, 0.5) is 0 Å². The molecule has 1 aromatic carbocycles. The molecule has 2 amide bonds. The molecule has 3 N–H and O–H groups in total. The molecule has 112 valence electrons. The number of benzene rings is 1. The summed E-state index contributed by atoms with van der Waals surface area (Å²) in [6.07, 6.45) is 3.72. The second-order valence-corrected chi connectivity index (χ2v) is 5.91. The molecule has 2 aliphatic rings. The van der Waals surface area contributed by atoms with Gasteiger partial charge in [-0.15, -0.1) is 0 Å². The Morgan fingerprint density at radius 3 is 2.82 bits per heavy atom. The number of carbonyl (C=O) groups is 2. The van der Waals surface area contributed by atoms with E-state index in [0.29, 0.717) is 11.5 Å². The van der Waals surface area contributed by atoms with Crippen molar-refractivity contribution in [2.45, 2.75) is 18.8 Å². The summed E-state index contributed by atoms with van der Waals surface area (Å²) in [6, 6.07) is 7.93. The van der Waals surface area contributed by atoms with Crippen molar-refractivity contribution in [2.75, 3.05) is 13.1 Å². The normalized spacial score (nSPS) is 22.0. The smallest absolute Gasteiger partial charge is 0.258 e. The fraction of sp³-hybridized carbons (Fsp3) is 0.294. The van der Waals surface area contributed by atoms with Crippen LogP contribution in [0, 0.1) is 0 Å². The minimum Gasteiger partial charge on any atom is -0.358 e. The zero-order valence-electron chi connectivity index (χ0n) is 12.1. The number of fused-ring (bicyclic) bond motifs is 1. The molecule has 1 atom stereocenters. The Hall–Kier alpha value is -2.40. The Balaban J connectivity index is 1.80. The third-order valence-corrected chi connectivity index (χ3v) is 4.47. The zero-order valence-corrected chi connectivity index (χ0v) is 12.1. The number of nitrogens with one attached hydrogen (secondary N) is 3. The predicted molar refractivity (Wildman–Crippen MR) is 84.3 cm³/mol. The molecule has 4 rings (SSSR count). The number of imide groups is 1. The van der Waals surface area contributed by atoms with E-state index in [9.17, 15) is 9.59 Å². The average molecular weight is 295 g/mol. The van der Waals surface area contributed by atoms with Crippen LogP contribution in [0.3, 0.4) is 0 Å². The van der Waals surface area contributed by atoms with Gasteiger partial charge in [0.1, 0.15) is 0 Å². The van der Waals surface area contributed by atoms with Crippen LogP contribution in [0.2, 0.25) is 0 Å². The standard InChI is InChI=1S/C17H17N3O2/c21-16-8-13(17(22)20-16)11-4-1-5-14-12(11)7-15(19-14)10-3-2-6-18-9-10/h1,4-5,7-8,10,18-19H,2-3,6,9H2,(H,20,21,22). The molecule has 5 nitrogen and oxygen atoms in total. The molecule has 3 heterocycles. The topological polar surface area (TPSA) is 74.0 Å². The van der Waals surface area contributed by atoms with Crippen molar-refractivity contribution in [1.82, 2.24) is 15.6 Å². The molecule has 1 aromatic heterocycles. The van der Waals surface area contributed by atoms with E-state index in [1.807, 2.05) is 18.2 Å². The fourth-order valence-electron chi connectivity index (χ4n) is 3.36. The van der Waals surface area contributed by atoms with E-state index in [4.69, 9.17) is 0 Å². The lowest BCUT2D eigenvalue weighted by atomic mass is 9.95. The second-order valence-electron chi connectivity index (χ2n) is 5.91. The van der Waals surface area contributed by atoms with Crippen LogP contribution in [0.15, 0.2) is 30.3 Å². The van der Waals surface area contributed by atoms with Crippen molar-refractivity contribution >= 4 is 28.3 Å². The summed E-state index contributed by atoms with van der Waals surface area (Å²) in [4.78, 5) is 26.8. The van der Waals surface area contributed by atoms with Crippen molar-refractivity contribution in [3.8, 4) is 0 Å². The van der Waals surface area contributed by atoms with Gasteiger partial charge in [-0.05, 0) is 37.1 Å². The first-order valence-corrected chi connectivity index (χ1v) is 7.62. The molecule has 0 aliphatic carbocycles. The van der Waals surface area contributed by atoms with E-state index < -0.39 is 0 Å². The second kappa shape index (κ2) is 5.10. The number of rotatable bonds is 2. The van der Waals surface area contributed by atoms with Gasteiger partial charge in [0.15, 0.2) is 0 Å². The monoisotopic (exact) mass is 295 g/mol. The van der Waals surface area contributed by atoms with E-state index in [0.717, 1.165) is 36.0 Å². The van der Waals surface area contributed by atoms with Gasteiger partial charge in [0.2, 0.25) is 0 Å². The van der Waals surface area contributed by atoms with Crippen LogP contribution >= 0.6 is 0 Å². The number of piperidine rings is 1. The van der Waals surface area contributed by atoms with Gasteiger partial charge in [-0.1, -0.05) is 12.1 Å². The number of hydrogen-bond donors (Lipinski definition) is 3. The van der Waals surface area contributed by atoms with Crippen LogP contribution in [-0.4, -0.2) is 29.9 Å². The molecule has 0 bridgehead atoms. The third-order valence-electron chi connectivity index (χ3n) is 4.47. The number of amides is 2. The lowest BCUT2D eigenvalue weighted by Crippen LogP contribution is -2.28. The first-order valence-electron chi connectivity index (χ1n) is 7.62. The highest BCUT2D eigenvalue weighted by atomic mass is 16.2. The van der Waals surface area contributed by atoms with Crippen molar-refractivity contribution in [2.24, 2.45) is 0 Å². The Morgan fingerprint density at radius 1 is 1.18 bits per heavy atom. The molecular weight excluding hydrogens is 278 g/mol. The van der Waals surface area contributed by atoms with Gasteiger partial charge >= 0.3 is 0 Å². The maximum Gasteiger partial charge on any atom is 0.258 e. The van der Waals surface area contributed by atoms with Gasteiger partial charge < -0.3 is 10.3 Å². The minimum atomic E-state index is -0.343. The van der Waals surface area contributed by atoms with E-state index >= 15 is 0 Å². The number of H-pyrrole nitrogens is 1. The van der Waals surface area contributed by atoms with Crippen molar-refractivity contribution < 1.29 is 9.59 Å². The molecule has 5 heteroatoms. The van der Waals surface area contributed by atoms with Crippen LogP contribution in [-0.2, 0) is 9.59 Å². The molecule has 22 heavy (non-hydrogen) atoms. The van der Waals surface area contributed by atoms with Gasteiger partial charge in [-0.2, -0.15) is 0 Å². The van der Waals surface area contributed by atoms with Gasteiger partial charge in [-0.25, -0.2) is 0 Å². The van der Waals surface area contributed by atoms with E-state index in [1.54, 1.807) is 0 Å². The summed E-state index contributed by atoms with van der Waals surface area (Å²) in [6.45, 7) is 2.06. The molecule has 1 fully saturated rings. The number of carbonyl (C=O) groups excluding carboxylic acids is 2. The van der Waals surface area contributed by atoms with Crippen molar-refractivity contribution in [3.05, 3.63) is 41.6 Å². The highest BCUT2D eigenvalue weighted by molar-refractivity contribution is 6.35. The van der Waals surface area contributed by atoms with Gasteiger partial charge in [0.05, 0.1) is 5.57 Å².